The first-order chi connectivity index (χ1) is 8.52. The predicted octanol–water partition coefficient (Wildman–Crippen LogP) is 1.88. The summed E-state index contributed by atoms with van der Waals surface area (Å²) in [4.78, 5) is 20.4. The molecule has 94 valence electrons. The zero-order valence-electron chi connectivity index (χ0n) is 9.00. The predicted molar refractivity (Wildman–Crippen MR) is 62.3 cm³/mol. The van der Waals surface area contributed by atoms with Crippen molar-refractivity contribution in [3.63, 3.8) is 0 Å². The van der Waals surface area contributed by atoms with Crippen molar-refractivity contribution in [2.24, 2.45) is 0 Å². The van der Waals surface area contributed by atoms with E-state index >= 15 is 0 Å². The summed E-state index contributed by atoms with van der Waals surface area (Å²) in [5, 5.41) is 0. The first-order valence-corrected chi connectivity index (χ1v) is 5.48. The number of hydrogen-bond acceptors (Lipinski definition) is 4. The highest BCUT2D eigenvalue weighted by Crippen LogP contribution is 2.28. The van der Waals surface area contributed by atoms with Crippen molar-refractivity contribution in [3.05, 3.63) is 38.7 Å². The summed E-state index contributed by atoms with van der Waals surface area (Å²) in [6.07, 6.45) is 0. The molecule has 0 aliphatic carbocycles. The first kappa shape index (κ1) is 12.6. The highest BCUT2D eigenvalue weighted by molar-refractivity contribution is 9.10. The minimum absolute atomic E-state index is 0.0531. The van der Waals surface area contributed by atoms with E-state index in [9.17, 15) is 13.6 Å². The van der Waals surface area contributed by atoms with Crippen molar-refractivity contribution in [1.82, 2.24) is 15.0 Å². The van der Waals surface area contributed by atoms with Gasteiger partial charge >= 0.3 is 11.7 Å². The number of hydrogen-bond donors (Lipinski definition) is 1. The number of methoxy groups -OCH3 is 1. The standard InChI is InChI=1S/C10H6BrF2N3O2/c1-18-10-15-8(14-9(17)16-10)6-5(12)3-2-4(11)7(6)13/h2-3H,1H3,(H,14,15,16,17). The fourth-order valence-corrected chi connectivity index (χ4v) is 1.65. The van der Waals surface area contributed by atoms with Crippen LogP contribution in [0.3, 0.4) is 0 Å². The number of nitrogens with one attached hydrogen (secondary N) is 1. The van der Waals surface area contributed by atoms with E-state index in [2.05, 4.69) is 35.6 Å². The zero-order chi connectivity index (χ0) is 13.3. The SMILES string of the molecule is COc1nc(-c2c(F)ccc(Br)c2F)[nH]c(=O)n1. The van der Waals surface area contributed by atoms with Crippen LogP contribution in [-0.4, -0.2) is 22.1 Å². The second-order valence-electron chi connectivity index (χ2n) is 3.21. The van der Waals surface area contributed by atoms with Crippen LogP contribution in [0.15, 0.2) is 21.4 Å². The molecule has 5 nitrogen and oxygen atoms in total. The van der Waals surface area contributed by atoms with Gasteiger partial charge in [0.1, 0.15) is 5.82 Å². The topological polar surface area (TPSA) is 67.9 Å². The van der Waals surface area contributed by atoms with E-state index in [1.807, 2.05) is 0 Å². The molecule has 0 amide bonds. The van der Waals surface area contributed by atoms with E-state index in [1.54, 1.807) is 0 Å². The van der Waals surface area contributed by atoms with Crippen LogP contribution < -0.4 is 10.4 Å². The summed E-state index contributed by atoms with van der Waals surface area (Å²) in [6, 6.07) is 1.99. The number of aromatic amines is 1. The van der Waals surface area contributed by atoms with Gasteiger partial charge in [0.2, 0.25) is 0 Å². The summed E-state index contributed by atoms with van der Waals surface area (Å²) in [6.45, 7) is 0. The maximum Gasteiger partial charge on any atom is 0.351 e. The van der Waals surface area contributed by atoms with Gasteiger partial charge in [0.15, 0.2) is 11.6 Å². The maximum atomic E-state index is 13.8. The smallest absolute Gasteiger partial charge is 0.351 e. The largest absolute Gasteiger partial charge is 0.467 e. The van der Waals surface area contributed by atoms with Crippen LogP contribution in [0.2, 0.25) is 0 Å². The number of H-pyrrole nitrogens is 1. The molecule has 1 heterocycles. The fourth-order valence-electron chi connectivity index (χ4n) is 1.32. The lowest BCUT2D eigenvalue weighted by Crippen LogP contribution is -2.15. The Balaban J connectivity index is 2.73. The van der Waals surface area contributed by atoms with Crippen LogP contribution in [0.4, 0.5) is 8.78 Å². The lowest BCUT2D eigenvalue weighted by atomic mass is 10.2. The van der Waals surface area contributed by atoms with E-state index in [4.69, 9.17) is 0 Å². The average molecular weight is 318 g/mol. The molecule has 0 atom stereocenters. The molecule has 1 aromatic carbocycles. The van der Waals surface area contributed by atoms with Crippen molar-refractivity contribution in [3.8, 4) is 17.4 Å². The van der Waals surface area contributed by atoms with E-state index < -0.39 is 22.9 Å². The van der Waals surface area contributed by atoms with Gasteiger partial charge in [-0.3, -0.25) is 4.98 Å². The lowest BCUT2D eigenvalue weighted by Gasteiger charge is -2.06. The summed E-state index contributed by atoms with van der Waals surface area (Å²) >= 11 is 2.92. The number of rotatable bonds is 2. The number of benzene rings is 1. The summed E-state index contributed by atoms with van der Waals surface area (Å²) in [5.41, 5.74) is -1.27. The van der Waals surface area contributed by atoms with Crippen molar-refractivity contribution >= 4 is 15.9 Å². The van der Waals surface area contributed by atoms with Gasteiger partial charge in [0.25, 0.3) is 0 Å². The summed E-state index contributed by atoms with van der Waals surface area (Å²) < 4.78 is 32.1. The van der Waals surface area contributed by atoms with Gasteiger partial charge in [-0.1, -0.05) is 0 Å². The Bertz CT molecular complexity index is 660. The Morgan fingerprint density at radius 1 is 1.33 bits per heavy atom. The van der Waals surface area contributed by atoms with Crippen LogP contribution in [0.5, 0.6) is 6.01 Å². The Morgan fingerprint density at radius 3 is 2.72 bits per heavy atom. The van der Waals surface area contributed by atoms with Gasteiger partial charge in [0.05, 0.1) is 17.1 Å². The Hall–Kier alpha value is -1.83. The molecule has 1 aromatic heterocycles. The molecule has 0 aliphatic heterocycles. The normalized spacial score (nSPS) is 10.4. The molecule has 1 N–H and O–H groups in total. The third-order valence-corrected chi connectivity index (χ3v) is 2.71. The van der Waals surface area contributed by atoms with Crippen molar-refractivity contribution < 1.29 is 13.5 Å². The van der Waals surface area contributed by atoms with Crippen LogP contribution in [0, 0.1) is 11.6 Å². The number of nitrogens with zero attached hydrogens (tertiary/aromatic N) is 2. The molecule has 0 aliphatic rings. The van der Waals surface area contributed by atoms with E-state index in [-0.39, 0.29) is 16.3 Å². The van der Waals surface area contributed by atoms with Gasteiger partial charge in [-0.15, -0.1) is 4.98 Å². The van der Waals surface area contributed by atoms with Crippen LogP contribution >= 0.6 is 15.9 Å². The number of halogens is 3. The molecule has 0 fully saturated rings. The van der Waals surface area contributed by atoms with Gasteiger partial charge in [-0.2, -0.15) is 4.98 Å². The summed E-state index contributed by atoms with van der Waals surface area (Å²) in [7, 11) is 1.24. The molecule has 0 bridgehead atoms. The molecule has 2 rings (SSSR count). The number of ether oxygens (including phenoxy) is 1. The molecular formula is C10H6BrF2N3O2. The molecule has 18 heavy (non-hydrogen) atoms. The fraction of sp³-hybridized carbons (Fsp3) is 0.100. The first-order valence-electron chi connectivity index (χ1n) is 4.69. The Kier molecular flexibility index (Phi) is 3.37. The van der Waals surface area contributed by atoms with Crippen molar-refractivity contribution in [2.45, 2.75) is 0 Å². The van der Waals surface area contributed by atoms with Gasteiger partial charge in [-0.05, 0) is 28.1 Å². The minimum atomic E-state index is -0.869. The second-order valence-corrected chi connectivity index (χ2v) is 4.06. The Labute approximate surface area is 108 Å². The molecule has 0 saturated carbocycles. The summed E-state index contributed by atoms with van der Waals surface area (Å²) in [5.74, 6) is -2.01. The van der Waals surface area contributed by atoms with E-state index in [1.165, 1.54) is 13.2 Å². The molecule has 0 unspecified atom stereocenters. The van der Waals surface area contributed by atoms with Crippen molar-refractivity contribution in [1.29, 1.82) is 0 Å². The Morgan fingerprint density at radius 2 is 2.06 bits per heavy atom. The maximum absolute atomic E-state index is 13.8. The minimum Gasteiger partial charge on any atom is -0.467 e. The average Bonchev–Trinajstić information content (AvgIpc) is 2.34. The molecule has 0 saturated heterocycles. The van der Waals surface area contributed by atoms with Gasteiger partial charge in [-0.25, -0.2) is 13.6 Å². The lowest BCUT2D eigenvalue weighted by molar-refractivity contribution is 0.376. The molecule has 2 aromatic rings. The highest BCUT2D eigenvalue weighted by atomic mass is 79.9. The zero-order valence-corrected chi connectivity index (χ0v) is 10.6. The van der Waals surface area contributed by atoms with E-state index in [0.717, 1.165) is 6.07 Å². The van der Waals surface area contributed by atoms with Gasteiger partial charge < -0.3 is 4.74 Å². The quantitative estimate of drug-likeness (QED) is 0.859. The van der Waals surface area contributed by atoms with Crippen LogP contribution in [0.25, 0.3) is 11.4 Å². The second kappa shape index (κ2) is 4.81. The highest BCUT2D eigenvalue weighted by Gasteiger charge is 2.17. The van der Waals surface area contributed by atoms with Crippen LogP contribution in [0.1, 0.15) is 0 Å². The van der Waals surface area contributed by atoms with Gasteiger partial charge in [0, 0.05) is 0 Å². The van der Waals surface area contributed by atoms with E-state index in [0.29, 0.717) is 0 Å². The molecule has 8 heteroatoms. The van der Waals surface area contributed by atoms with Crippen LogP contribution in [-0.2, 0) is 0 Å². The third kappa shape index (κ3) is 2.23. The third-order valence-electron chi connectivity index (χ3n) is 2.09. The molecule has 0 spiro atoms. The monoisotopic (exact) mass is 317 g/mol. The molecule has 0 radical (unpaired) electrons. The molecular weight excluding hydrogens is 312 g/mol. The number of aromatic nitrogens is 3. The van der Waals surface area contributed by atoms with Crippen molar-refractivity contribution in [2.75, 3.05) is 7.11 Å².